The van der Waals surface area contributed by atoms with Crippen LogP contribution in [0.3, 0.4) is 0 Å². The summed E-state index contributed by atoms with van der Waals surface area (Å²) in [6.07, 6.45) is 8.82. The van der Waals surface area contributed by atoms with Crippen LogP contribution in [0.2, 0.25) is 0 Å². The smallest absolute Gasteiger partial charge is 0.158 e. The molecular formula is C18H23ClO. The molecule has 0 radical (unpaired) electrons. The fourth-order valence-corrected chi connectivity index (χ4v) is 4.45. The maximum atomic E-state index is 12.6. The van der Waals surface area contributed by atoms with Crippen molar-refractivity contribution < 1.29 is 4.79 Å². The molecule has 0 N–H and O–H groups in total. The monoisotopic (exact) mass is 290 g/mol. The van der Waals surface area contributed by atoms with Gasteiger partial charge in [-0.05, 0) is 36.7 Å². The molecule has 0 saturated heterocycles. The van der Waals surface area contributed by atoms with Gasteiger partial charge in [-0.3, -0.25) is 4.79 Å². The first-order valence-corrected chi connectivity index (χ1v) is 8.42. The van der Waals surface area contributed by atoms with Crippen molar-refractivity contribution in [3.63, 3.8) is 0 Å². The maximum absolute atomic E-state index is 12.6. The third kappa shape index (κ3) is 2.93. The van der Waals surface area contributed by atoms with Gasteiger partial charge in [0, 0.05) is 5.92 Å². The predicted molar refractivity (Wildman–Crippen MR) is 82.8 cm³/mol. The molecule has 2 heteroatoms. The van der Waals surface area contributed by atoms with E-state index in [1.807, 2.05) is 30.3 Å². The lowest BCUT2D eigenvalue weighted by Gasteiger charge is -2.39. The number of carbonyl (C=O) groups excluding carboxylic acids is 1. The quantitative estimate of drug-likeness (QED) is 0.704. The number of hydrogen-bond acceptors (Lipinski definition) is 1. The first-order valence-electron chi connectivity index (χ1n) is 7.98. The highest BCUT2D eigenvalue weighted by Gasteiger charge is 2.36. The number of hydrogen-bond donors (Lipinski definition) is 0. The molecule has 1 nitrogen and oxygen atoms in total. The van der Waals surface area contributed by atoms with Crippen LogP contribution in [0.4, 0.5) is 0 Å². The van der Waals surface area contributed by atoms with Crippen LogP contribution in [-0.4, -0.2) is 5.78 Å². The molecule has 0 bridgehead atoms. The third-order valence-corrected chi connectivity index (χ3v) is 5.75. The van der Waals surface area contributed by atoms with E-state index >= 15 is 0 Å². The van der Waals surface area contributed by atoms with E-state index in [2.05, 4.69) is 0 Å². The molecule has 0 spiro atoms. The Balaban J connectivity index is 1.65. The van der Waals surface area contributed by atoms with Gasteiger partial charge in [-0.15, -0.1) is 11.6 Å². The fourth-order valence-electron chi connectivity index (χ4n) is 4.12. The summed E-state index contributed by atoms with van der Waals surface area (Å²) in [7, 11) is 0. The zero-order chi connectivity index (χ0) is 13.9. The van der Waals surface area contributed by atoms with Crippen LogP contribution in [0.5, 0.6) is 0 Å². The van der Waals surface area contributed by atoms with Crippen molar-refractivity contribution in [3.05, 3.63) is 35.9 Å². The van der Waals surface area contributed by atoms with Gasteiger partial charge in [0.2, 0.25) is 0 Å². The summed E-state index contributed by atoms with van der Waals surface area (Å²) in [4.78, 5) is 12.6. The number of halogens is 1. The van der Waals surface area contributed by atoms with Gasteiger partial charge in [-0.2, -0.15) is 0 Å². The molecule has 1 aromatic carbocycles. The average Bonchev–Trinajstić information content (AvgIpc) is 2.54. The van der Waals surface area contributed by atoms with Crippen LogP contribution < -0.4 is 0 Å². The Morgan fingerprint density at radius 3 is 2.45 bits per heavy atom. The summed E-state index contributed by atoms with van der Waals surface area (Å²) in [6, 6.07) is 9.79. The van der Waals surface area contributed by atoms with E-state index in [4.69, 9.17) is 11.6 Å². The molecular weight excluding hydrogens is 268 g/mol. The Morgan fingerprint density at radius 2 is 1.70 bits per heavy atom. The second-order valence-electron chi connectivity index (χ2n) is 6.49. The van der Waals surface area contributed by atoms with Crippen LogP contribution >= 0.6 is 11.6 Å². The molecule has 4 unspecified atom stereocenters. The minimum absolute atomic E-state index is 0.192. The minimum atomic E-state index is -0.457. The van der Waals surface area contributed by atoms with Crippen LogP contribution in [0.1, 0.15) is 55.9 Å². The molecule has 20 heavy (non-hydrogen) atoms. The van der Waals surface area contributed by atoms with E-state index in [-0.39, 0.29) is 11.7 Å². The molecule has 108 valence electrons. The lowest BCUT2D eigenvalue weighted by Crippen LogP contribution is -2.32. The van der Waals surface area contributed by atoms with E-state index in [9.17, 15) is 4.79 Å². The Bertz CT molecular complexity index is 456. The van der Waals surface area contributed by atoms with E-state index < -0.39 is 5.38 Å². The van der Waals surface area contributed by atoms with Gasteiger partial charge < -0.3 is 0 Å². The maximum Gasteiger partial charge on any atom is 0.158 e. The molecule has 1 aromatic rings. The Labute approximate surface area is 126 Å². The number of alkyl halides is 1. The van der Waals surface area contributed by atoms with Gasteiger partial charge in [0.1, 0.15) is 5.38 Å². The molecule has 0 amide bonds. The van der Waals surface area contributed by atoms with Gasteiger partial charge in [-0.1, -0.05) is 56.0 Å². The van der Waals surface area contributed by atoms with Crippen molar-refractivity contribution >= 4 is 17.4 Å². The van der Waals surface area contributed by atoms with E-state index in [1.54, 1.807) is 0 Å². The van der Waals surface area contributed by atoms with Crippen LogP contribution in [0.15, 0.2) is 30.3 Å². The zero-order valence-electron chi connectivity index (χ0n) is 11.9. The summed E-state index contributed by atoms with van der Waals surface area (Å²) in [6.45, 7) is 0. The Hall–Kier alpha value is -0.820. The number of Topliss-reactive ketones (excluding diaryl/α,β-unsaturated/α-hetero) is 1. The van der Waals surface area contributed by atoms with E-state index in [0.29, 0.717) is 0 Å². The van der Waals surface area contributed by atoms with Gasteiger partial charge >= 0.3 is 0 Å². The summed E-state index contributed by atoms with van der Waals surface area (Å²) in [5, 5.41) is -0.457. The third-order valence-electron chi connectivity index (χ3n) is 5.28. The summed E-state index contributed by atoms with van der Waals surface area (Å²) in [5.41, 5.74) is 0.949. The van der Waals surface area contributed by atoms with Crippen LogP contribution in [0.25, 0.3) is 0 Å². The number of ketones is 1. The van der Waals surface area contributed by atoms with Gasteiger partial charge in [0.25, 0.3) is 0 Å². The number of rotatable bonds is 3. The molecule has 2 saturated carbocycles. The molecule has 0 heterocycles. The number of fused-ring (bicyclic) bond motifs is 1. The van der Waals surface area contributed by atoms with Crippen LogP contribution in [-0.2, 0) is 4.79 Å². The van der Waals surface area contributed by atoms with Crippen molar-refractivity contribution in [2.24, 2.45) is 17.8 Å². The number of benzene rings is 1. The first-order chi connectivity index (χ1) is 9.75. The minimum Gasteiger partial charge on any atom is -0.297 e. The van der Waals surface area contributed by atoms with Crippen molar-refractivity contribution in [1.82, 2.24) is 0 Å². The average molecular weight is 291 g/mol. The van der Waals surface area contributed by atoms with Gasteiger partial charge in [-0.25, -0.2) is 0 Å². The summed E-state index contributed by atoms with van der Waals surface area (Å²) in [5.74, 6) is 2.11. The summed E-state index contributed by atoms with van der Waals surface area (Å²) >= 11 is 6.42. The van der Waals surface area contributed by atoms with Gasteiger partial charge in [0.15, 0.2) is 5.78 Å². The van der Waals surface area contributed by atoms with Crippen LogP contribution in [0, 0.1) is 17.8 Å². The molecule has 0 aromatic heterocycles. The SMILES string of the molecule is O=C(C1CCC2CCCCC2C1)C(Cl)c1ccccc1. The lowest BCUT2D eigenvalue weighted by molar-refractivity contribution is -0.124. The molecule has 3 rings (SSSR count). The first kappa shape index (κ1) is 14.1. The molecule has 2 fully saturated rings. The highest BCUT2D eigenvalue weighted by molar-refractivity contribution is 6.31. The highest BCUT2D eigenvalue weighted by Crippen LogP contribution is 2.44. The number of carbonyl (C=O) groups is 1. The molecule has 2 aliphatic carbocycles. The Kier molecular flexibility index (Phi) is 4.45. The molecule has 0 aliphatic heterocycles. The normalized spacial score (nSPS) is 31.4. The zero-order valence-corrected chi connectivity index (χ0v) is 12.7. The van der Waals surface area contributed by atoms with Crippen molar-refractivity contribution in [3.8, 4) is 0 Å². The van der Waals surface area contributed by atoms with Crippen molar-refractivity contribution in [1.29, 1.82) is 0 Å². The Morgan fingerprint density at radius 1 is 1.00 bits per heavy atom. The van der Waals surface area contributed by atoms with Crippen molar-refractivity contribution in [2.45, 2.75) is 50.3 Å². The van der Waals surface area contributed by atoms with E-state index in [0.717, 1.165) is 30.2 Å². The van der Waals surface area contributed by atoms with Gasteiger partial charge in [0.05, 0.1) is 0 Å². The second kappa shape index (κ2) is 6.30. The predicted octanol–water partition coefficient (Wildman–Crippen LogP) is 5.14. The molecule has 2 aliphatic rings. The molecule has 4 atom stereocenters. The largest absolute Gasteiger partial charge is 0.297 e. The van der Waals surface area contributed by atoms with E-state index in [1.165, 1.54) is 32.1 Å². The summed E-state index contributed by atoms with van der Waals surface area (Å²) < 4.78 is 0. The lowest BCUT2D eigenvalue weighted by atomic mass is 9.66. The fraction of sp³-hybridized carbons (Fsp3) is 0.611. The standard InChI is InChI=1S/C18H23ClO/c19-17(14-7-2-1-3-8-14)18(20)16-11-10-13-6-4-5-9-15(13)12-16/h1-3,7-8,13,15-17H,4-6,9-12H2. The van der Waals surface area contributed by atoms with Crippen molar-refractivity contribution in [2.75, 3.05) is 0 Å². The highest BCUT2D eigenvalue weighted by atomic mass is 35.5. The second-order valence-corrected chi connectivity index (χ2v) is 6.93. The topological polar surface area (TPSA) is 17.1 Å².